The van der Waals surface area contributed by atoms with Crippen LogP contribution in [0.2, 0.25) is 0 Å². The standard InChI is InChI=1S/C22H34N4O3/c1-3-23-22(25-14-13-24-21(27)16-11-12-16)26-15-17-7-6-10-19(28-2)20(17)29-18-8-4-5-9-18/h6-7,10,16,18H,3-5,8-9,11-15H2,1-2H3,(H,24,27)(H2,23,25,26). The van der Waals surface area contributed by atoms with Crippen molar-refractivity contribution in [1.29, 1.82) is 0 Å². The second-order valence-corrected chi connectivity index (χ2v) is 7.66. The molecule has 2 saturated carbocycles. The molecule has 3 rings (SSSR count). The monoisotopic (exact) mass is 402 g/mol. The van der Waals surface area contributed by atoms with E-state index in [-0.39, 0.29) is 17.9 Å². The number of ether oxygens (including phenoxy) is 2. The van der Waals surface area contributed by atoms with Gasteiger partial charge in [-0.3, -0.25) is 4.79 Å². The minimum atomic E-state index is 0.166. The van der Waals surface area contributed by atoms with Crippen molar-refractivity contribution in [2.45, 2.75) is 58.1 Å². The van der Waals surface area contributed by atoms with Crippen LogP contribution in [0.25, 0.3) is 0 Å². The van der Waals surface area contributed by atoms with Gasteiger partial charge in [0.15, 0.2) is 17.5 Å². The molecule has 1 aromatic rings. The second kappa shape index (κ2) is 10.9. The Hall–Kier alpha value is -2.44. The van der Waals surface area contributed by atoms with E-state index in [9.17, 15) is 4.79 Å². The van der Waals surface area contributed by atoms with Crippen molar-refractivity contribution in [3.8, 4) is 11.5 Å². The predicted octanol–water partition coefficient (Wildman–Crippen LogP) is 2.60. The van der Waals surface area contributed by atoms with Crippen LogP contribution in [-0.4, -0.2) is 44.7 Å². The number of rotatable bonds is 10. The van der Waals surface area contributed by atoms with Gasteiger partial charge in [-0.25, -0.2) is 4.99 Å². The minimum absolute atomic E-state index is 0.166. The third-order valence-electron chi connectivity index (χ3n) is 5.28. The lowest BCUT2D eigenvalue weighted by atomic mass is 10.1. The maximum atomic E-state index is 11.7. The first-order valence-electron chi connectivity index (χ1n) is 10.8. The summed E-state index contributed by atoms with van der Waals surface area (Å²) in [6.07, 6.45) is 6.94. The highest BCUT2D eigenvalue weighted by Gasteiger charge is 2.29. The van der Waals surface area contributed by atoms with Crippen LogP contribution in [0.5, 0.6) is 11.5 Å². The van der Waals surface area contributed by atoms with Crippen molar-refractivity contribution in [2.75, 3.05) is 26.7 Å². The highest BCUT2D eigenvalue weighted by molar-refractivity contribution is 5.81. The van der Waals surface area contributed by atoms with E-state index < -0.39 is 0 Å². The Bertz CT molecular complexity index is 697. The second-order valence-electron chi connectivity index (χ2n) is 7.66. The molecule has 0 atom stereocenters. The number of guanidine groups is 1. The molecule has 0 unspecified atom stereocenters. The highest BCUT2D eigenvalue weighted by atomic mass is 16.5. The van der Waals surface area contributed by atoms with Crippen LogP contribution in [0.15, 0.2) is 23.2 Å². The van der Waals surface area contributed by atoms with E-state index in [1.807, 2.05) is 25.1 Å². The highest BCUT2D eigenvalue weighted by Crippen LogP contribution is 2.35. The zero-order valence-electron chi connectivity index (χ0n) is 17.6. The van der Waals surface area contributed by atoms with Crippen molar-refractivity contribution in [2.24, 2.45) is 10.9 Å². The first kappa shape index (κ1) is 21.3. The zero-order valence-corrected chi connectivity index (χ0v) is 17.6. The van der Waals surface area contributed by atoms with Gasteiger partial charge in [0.05, 0.1) is 19.8 Å². The molecule has 1 amide bonds. The summed E-state index contributed by atoms with van der Waals surface area (Å²) in [5.74, 6) is 2.69. The number of hydrogen-bond acceptors (Lipinski definition) is 4. The molecule has 160 valence electrons. The fourth-order valence-electron chi connectivity index (χ4n) is 3.52. The first-order valence-corrected chi connectivity index (χ1v) is 10.8. The van der Waals surface area contributed by atoms with Crippen LogP contribution in [0.3, 0.4) is 0 Å². The Balaban J connectivity index is 1.58. The maximum Gasteiger partial charge on any atom is 0.223 e. The number of para-hydroxylation sites is 1. The van der Waals surface area contributed by atoms with Gasteiger partial charge in [-0.15, -0.1) is 0 Å². The summed E-state index contributed by atoms with van der Waals surface area (Å²) in [4.78, 5) is 16.4. The number of carbonyl (C=O) groups is 1. The van der Waals surface area contributed by atoms with Gasteiger partial charge in [0, 0.05) is 31.1 Å². The van der Waals surface area contributed by atoms with Crippen molar-refractivity contribution in [1.82, 2.24) is 16.0 Å². The third kappa shape index (κ3) is 6.54. The number of nitrogens with zero attached hydrogens (tertiary/aromatic N) is 1. The van der Waals surface area contributed by atoms with E-state index in [2.05, 4.69) is 16.0 Å². The van der Waals surface area contributed by atoms with Gasteiger partial charge >= 0.3 is 0 Å². The van der Waals surface area contributed by atoms with Crippen molar-refractivity contribution in [3.63, 3.8) is 0 Å². The fraction of sp³-hybridized carbons (Fsp3) is 0.636. The predicted molar refractivity (Wildman–Crippen MR) is 114 cm³/mol. The summed E-state index contributed by atoms with van der Waals surface area (Å²) in [5.41, 5.74) is 1.01. The molecule has 2 aliphatic rings. The van der Waals surface area contributed by atoms with E-state index in [0.717, 1.165) is 55.3 Å². The summed E-state index contributed by atoms with van der Waals surface area (Å²) in [7, 11) is 1.67. The molecule has 3 N–H and O–H groups in total. The van der Waals surface area contributed by atoms with Crippen molar-refractivity contribution >= 4 is 11.9 Å². The van der Waals surface area contributed by atoms with Gasteiger partial charge in [-0.1, -0.05) is 12.1 Å². The van der Waals surface area contributed by atoms with Gasteiger partial charge in [-0.2, -0.15) is 0 Å². The molecule has 2 aliphatic carbocycles. The van der Waals surface area contributed by atoms with Gasteiger partial charge in [0.2, 0.25) is 5.91 Å². The smallest absolute Gasteiger partial charge is 0.223 e. The van der Waals surface area contributed by atoms with Crippen LogP contribution in [0, 0.1) is 5.92 Å². The molecule has 29 heavy (non-hydrogen) atoms. The van der Waals surface area contributed by atoms with Gasteiger partial charge < -0.3 is 25.4 Å². The van der Waals surface area contributed by atoms with Crippen LogP contribution in [0.1, 0.15) is 51.0 Å². The quantitative estimate of drug-likeness (QED) is 0.318. The average Bonchev–Trinajstić information content (AvgIpc) is 3.47. The summed E-state index contributed by atoms with van der Waals surface area (Å²) in [6, 6.07) is 5.94. The zero-order chi connectivity index (χ0) is 20.5. The normalized spacial score (nSPS) is 17.1. The molecule has 0 spiro atoms. The number of nitrogens with one attached hydrogen (secondary N) is 3. The Morgan fingerprint density at radius 1 is 1.10 bits per heavy atom. The number of carbonyl (C=O) groups excluding carboxylic acids is 1. The lowest BCUT2D eigenvalue weighted by molar-refractivity contribution is -0.122. The Kier molecular flexibility index (Phi) is 8.02. The first-order chi connectivity index (χ1) is 14.2. The van der Waals surface area contributed by atoms with E-state index in [1.165, 1.54) is 12.8 Å². The molecule has 0 radical (unpaired) electrons. The van der Waals surface area contributed by atoms with Crippen LogP contribution in [0.4, 0.5) is 0 Å². The maximum absolute atomic E-state index is 11.7. The van der Waals surface area contributed by atoms with E-state index in [1.54, 1.807) is 7.11 Å². The van der Waals surface area contributed by atoms with Crippen LogP contribution >= 0.6 is 0 Å². The fourth-order valence-corrected chi connectivity index (χ4v) is 3.52. The Labute approximate surface area is 173 Å². The molecule has 0 heterocycles. The Morgan fingerprint density at radius 2 is 1.86 bits per heavy atom. The number of benzene rings is 1. The number of aliphatic imine (C=N–C) groups is 1. The molecule has 7 nitrogen and oxygen atoms in total. The summed E-state index contributed by atoms with van der Waals surface area (Å²) >= 11 is 0. The molecule has 2 fully saturated rings. The number of hydrogen-bond donors (Lipinski definition) is 3. The summed E-state index contributed by atoms with van der Waals surface area (Å²) in [6.45, 7) is 4.52. The largest absolute Gasteiger partial charge is 0.493 e. The third-order valence-corrected chi connectivity index (χ3v) is 5.28. The summed E-state index contributed by atoms with van der Waals surface area (Å²) < 4.78 is 11.8. The number of amides is 1. The van der Waals surface area contributed by atoms with Crippen LogP contribution in [-0.2, 0) is 11.3 Å². The number of methoxy groups -OCH3 is 1. The molecule has 0 saturated heterocycles. The van der Waals surface area contributed by atoms with Crippen molar-refractivity contribution in [3.05, 3.63) is 23.8 Å². The molecular weight excluding hydrogens is 368 g/mol. The Morgan fingerprint density at radius 3 is 2.55 bits per heavy atom. The molecule has 0 aliphatic heterocycles. The van der Waals surface area contributed by atoms with Gasteiger partial charge in [-0.05, 0) is 51.5 Å². The van der Waals surface area contributed by atoms with Crippen molar-refractivity contribution < 1.29 is 14.3 Å². The topological polar surface area (TPSA) is 84.0 Å². The van der Waals surface area contributed by atoms with E-state index in [0.29, 0.717) is 19.6 Å². The molecular formula is C22H34N4O3. The molecule has 1 aromatic carbocycles. The lowest BCUT2D eigenvalue weighted by Gasteiger charge is -2.19. The van der Waals surface area contributed by atoms with E-state index >= 15 is 0 Å². The lowest BCUT2D eigenvalue weighted by Crippen LogP contribution is -2.41. The van der Waals surface area contributed by atoms with Gasteiger partial charge in [0.25, 0.3) is 0 Å². The molecule has 0 bridgehead atoms. The average molecular weight is 403 g/mol. The SMILES string of the molecule is CCNC(=NCc1cccc(OC)c1OC1CCCC1)NCCNC(=O)C1CC1. The van der Waals surface area contributed by atoms with Crippen LogP contribution < -0.4 is 25.4 Å². The minimum Gasteiger partial charge on any atom is -0.493 e. The van der Waals surface area contributed by atoms with E-state index in [4.69, 9.17) is 14.5 Å². The summed E-state index contributed by atoms with van der Waals surface area (Å²) in [5, 5.41) is 9.49. The van der Waals surface area contributed by atoms with Gasteiger partial charge in [0.1, 0.15) is 0 Å². The molecule has 7 heteroatoms. The molecule has 0 aromatic heterocycles.